The molecular weight excluding hydrogens is 548 g/mol. The largest absolute Gasteiger partial charge is 0.496 e. The van der Waals surface area contributed by atoms with Crippen LogP contribution in [0.4, 0.5) is 17.5 Å². The van der Waals surface area contributed by atoms with Crippen LogP contribution in [0.5, 0.6) is 17.2 Å². The number of nitrogens with zero attached hydrogens (tertiary/aromatic N) is 3. The first kappa shape index (κ1) is 29.1. The van der Waals surface area contributed by atoms with Gasteiger partial charge in [-0.15, -0.1) is 0 Å². The van der Waals surface area contributed by atoms with Gasteiger partial charge in [0, 0.05) is 47.3 Å². The average Bonchev–Trinajstić information content (AvgIpc) is 2.96. The van der Waals surface area contributed by atoms with Crippen molar-refractivity contribution in [1.29, 1.82) is 0 Å². The lowest BCUT2D eigenvalue weighted by Crippen LogP contribution is -2.12. The second-order valence-electron chi connectivity index (χ2n) is 8.70. The lowest BCUT2D eigenvalue weighted by atomic mass is 10.0. The van der Waals surface area contributed by atoms with E-state index in [0.29, 0.717) is 51.8 Å². The summed E-state index contributed by atoms with van der Waals surface area (Å²) < 4.78 is 11.1. The smallest absolute Gasteiger partial charge is 0.227 e. The summed E-state index contributed by atoms with van der Waals surface area (Å²) in [4.78, 5) is 20.0. The van der Waals surface area contributed by atoms with E-state index in [1.165, 1.54) is 6.20 Å². The summed E-state index contributed by atoms with van der Waals surface area (Å²) >= 11 is 8.65. The van der Waals surface area contributed by atoms with Crippen molar-refractivity contribution in [2.24, 2.45) is 0 Å². The number of nitrogens with one attached hydrogen (secondary N) is 3. The van der Waals surface area contributed by atoms with Crippen LogP contribution in [0.15, 0.2) is 49.3 Å². The van der Waals surface area contributed by atoms with Crippen LogP contribution in [-0.2, 0) is 0 Å². The van der Waals surface area contributed by atoms with Crippen LogP contribution in [0.3, 0.4) is 0 Å². The van der Waals surface area contributed by atoms with E-state index in [-0.39, 0.29) is 0 Å². The fourth-order valence-corrected chi connectivity index (χ4v) is 5.11. The maximum atomic E-state index is 6.80. The summed E-state index contributed by atoms with van der Waals surface area (Å²) in [7, 11) is 3.19. The maximum absolute atomic E-state index is 6.80. The van der Waals surface area contributed by atoms with Crippen LogP contribution in [0, 0.1) is 13.8 Å². The summed E-state index contributed by atoms with van der Waals surface area (Å²) in [6.07, 6.45) is 3.23. The van der Waals surface area contributed by atoms with Gasteiger partial charge in [-0.1, -0.05) is 37.2 Å². The van der Waals surface area contributed by atoms with Gasteiger partial charge in [0.05, 0.1) is 30.6 Å². The molecule has 40 heavy (non-hydrogen) atoms. The van der Waals surface area contributed by atoms with Gasteiger partial charge in [-0.2, -0.15) is 11.8 Å². The molecule has 0 aliphatic carbocycles. The number of thioether (sulfide) groups is 1. The van der Waals surface area contributed by atoms with E-state index in [2.05, 4.69) is 34.6 Å². The van der Waals surface area contributed by atoms with Crippen molar-refractivity contribution < 1.29 is 14.3 Å². The summed E-state index contributed by atoms with van der Waals surface area (Å²) in [5, 5.41) is 8.03. The Bertz CT molecular complexity index is 1490. The van der Waals surface area contributed by atoms with Crippen molar-refractivity contribution in [3.05, 3.63) is 65.5 Å². The Balaban J connectivity index is 1.83. The van der Waals surface area contributed by atoms with E-state index in [9.17, 15) is 0 Å². The topological polar surface area (TPSA) is 102 Å². The molecule has 0 fully saturated rings. The van der Waals surface area contributed by atoms with Crippen molar-refractivity contribution in [3.8, 4) is 28.5 Å². The van der Waals surface area contributed by atoms with Crippen LogP contribution >= 0.6 is 23.4 Å². The molecule has 2 aromatic heterocycles. The maximum Gasteiger partial charge on any atom is 0.227 e. The molecule has 210 valence electrons. The summed E-state index contributed by atoms with van der Waals surface area (Å²) in [6.45, 7) is 10.4. The number of hydrogen-bond donors (Lipinski definition) is 3. The van der Waals surface area contributed by atoms with Crippen molar-refractivity contribution in [2.45, 2.75) is 20.8 Å². The van der Waals surface area contributed by atoms with Crippen LogP contribution in [0.1, 0.15) is 18.1 Å². The molecule has 0 bridgehead atoms. The summed E-state index contributed by atoms with van der Waals surface area (Å²) in [5.41, 5.74) is 7.28. The highest BCUT2D eigenvalue weighted by atomic mass is 35.5. The first-order valence-corrected chi connectivity index (χ1v) is 14.3. The van der Waals surface area contributed by atoms with Gasteiger partial charge >= 0.3 is 0 Å². The number of halogens is 1. The molecule has 0 amide bonds. The minimum absolute atomic E-state index is 0.406. The molecule has 0 unspecified atom stereocenters. The fraction of sp³-hybridized carbons (Fsp3) is 0.276. The van der Waals surface area contributed by atoms with Gasteiger partial charge in [0.25, 0.3) is 0 Å². The van der Waals surface area contributed by atoms with Gasteiger partial charge < -0.3 is 24.9 Å². The number of methoxy groups -OCH3 is 2. The van der Waals surface area contributed by atoms with Gasteiger partial charge in [-0.25, -0.2) is 20.4 Å². The number of benzene rings is 2. The Morgan fingerprint density at radius 2 is 1.88 bits per heavy atom. The Morgan fingerprint density at radius 1 is 1.07 bits per heavy atom. The van der Waals surface area contributed by atoms with Gasteiger partial charge in [0.1, 0.15) is 17.0 Å². The van der Waals surface area contributed by atoms with Gasteiger partial charge in [-0.05, 0) is 37.3 Å². The number of rotatable bonds is 13. The molecule has 0 aliphatic heterocycles. The zero-order valence-electron chi connectivity index (χ0n) is 23.2. The molecule has 2 heterocycles. The normalized spacial score (nSPS) is 10.8. The monoisotopic (exact) mass is 580 g/mol. The number of para-hydroxylation sites is 1. The SMILES string of the molecule is C=CNOc1cccc(C)c1Nc1ncc2cc(-c3c(C)c(OC)cc(OC)c3Cl)nc(NCCSCC)c2n1. The van der Waals surface area contributed by atoms with Crippen LogP contribution in [-0.4, -0.2) is 47.2 Å². The molecule has 2 aromatic carbocycles. The van der Waals surface area contributed by atoms with Crippen LogP contribution < -0.4 is 30.4 Å². The second-order valence-corrected chi connectivity index (χ2v) is 10.5. The highest BCUT2D eigenvalue weighted by Crippen LogP contribution is 2.43. The first-order valence-electron chi connectivity index (χ1n) is 12.7. The molecule has 4 rings (SSSR count). The fourth-order valence-electron chi connectivity index (χ4n) is 4.21. The number of aromatic nitrogens is 3. The Hall–Kier alpha value is -3.89. The molecule has 4 aromatic rings. The minimum atomic E-state index is 0.406. The van der Waals surface area contributed by atoms with Crippen molar-refractivity contribution in [2.75, 3.05) is 42.9 Å². The Morgan fingerprint density at radius 3 is 2.60 bits per heavy atom. The lowest BCUT2D eigenvalue weighted by Gasteiger charge is -2.18. The van der Waals surface area contributed by atoms with E-state index in [0.717, 1.165) is 39.3 Å². The molecule has 0 spiro atoms. The van der Waals surface area contributed by atoms with Crippen LogP contribution in [0.25, 0.3) is 22.2 Å². The highest BCUT2D eigenvalue weighted by molar-refractivity contribution is 7.99. The third kappa shape index (κ3) is 6.29. The van der Waals surface area contributed by atoms with Gasteiger partial charge in [-0.3, -0.25) is 0 Å². The lowest BCUT2D eigenvalue weighted by molar-refractivity contribution is 0.245. The van der Waals surface area contributed by atoms with E-state index in [1.807, 2.05) is 49.9 Å². The molecule has 3 N–H and O–H groups in total. The molecule has 9 nitrogen and oxygen atoms in total. The third-order valence-corrected chi connectivity index (χ3v) is 7.45. The van der Waals surface area contributed by atoms with Gasteiger partial charge in [0.2, 0.25) is 5.95 Å². The molecule has 0 saturated carbocycles. The summed E-state index contributed by atoms with van der Waals surface area (Å²) in [5.74, 6) is 4.74. The van der Waals surface area contributed by atoms with E-state index < -0.39 is 0 Å². The molecule has 11 heteroatoms. The van der Waals surface area contributed by atoms with Crippen molar-refractivity contribution >= 4 is 51.7 Å². The van der Waals surface area contributed by atoms with Crippen molar-refractivity contribution in [3.63, 3.8) is 0 Å². The predicted molar refractivity (Wildman–Crippen MR) is 166 cm³/mol. The quantitative estimate of drug-likeness (QED) is 0.114. The number of fused-ring (bicyclic) bond motifs is 1. The Labute approximate surface area is 243 Å². The number of ether oxygens (including phenoxy) is 2. The van der Waals surface area contributed by atoms with Gasteiger partial charge in [0.15, 0.2) is 11.6 Å². The van der Waals surface area contributed by atoms with E-state index in [1.54, 1.807) is 26.5 Å². The molecule has 0 radical (unpaired) electrons. The molecule has 0 aliphatic rings. The number of aryl methyl sites for hydroxylation is 1. The summed E-state index contributed by atoms with van der Waals surface area (Å²) in [6, 6.07) is 9.43. The first-order chi connectivity index (χ1) is 19.4. The van der Waals surface area contributed by atoms with E-state index in [4.69, 9.17) is 35.9 Å². The third-order valence-electron chi connectivity index (χ3n) is 6.17. The standard InChI is InChI=1S/C29H33ClN6O3S/c1-7-33-39-21-11-9-10-17(3)26(21)35-29-32-16-19-14-20(34-28(27(19)36-29)31-12-13-40-8-2)24-18(4)22(37-5)15-23(38-6)25(24)30/h7,9-11,14-16,33H,1,8,12-13H2,2-6H3,(H,31,34)(H,32,35,36). The number of hydroxylamine groups is 1. The number of hydrogen-bond acceptors (Lipinski definition) is 10. The highest BCUT2D eigenvalue weighted by Gasteiger charge is 2.20. The van der Waals surface area contributed by atoms with E-state index >= 15 is 0 Å². The zero-order chi connectivity index (χ0) is 28.6. The average molecular weight is 581 g/mol. The zero-order valence-corrected chi connectivity index (χ0v) is 24.8. The Kier molecular flexibility index (Phi) is 9.79. The number of pyridine rings is 1. The molecule has 0 atom stereocenters. The molecular formula is C29H33ClN6O3S. The number of anilines is 3. The van der Waals surface area contributed by atoms with Crippen LogP contribution in [0.2, 0.25) is 5.02 Å². The van der Waals surface area contributed by atoms with Crippen molar-refractivity contribution in [1.82, 2.24) is 20.4 Å². The minimum Gasteiger partial charge on any atom is -0.496 e. The molecule has 0 saturated heterocycles. The predicted octanol–water partition coefficient (Wildman–Crippen LogP) is 6.91. The second kappa shape index (κ2) is 13.5.